The molecule has 0 bridgehead atoms. The van der Waals surface area contributed by atoms with Crippen LogP contribution in [0.4, 0.5) is 5.69 Å². The van der Waals surface area contributed by atoms with Crippen molar-refractivity contribution < 1.29 is 4.79 Å². The van der Waals surface area contributed by atoms with Gasteiger partial charge in [0.2, 0.25) is 5.91 Å². The molecule has 5 heteroatoms. The Labute approximate surface area is 124 Å². The number of nitrogens with one attached hydrogen (secondary N) is 1. The molecule has 1 atom stereocenters. The fraction of sp³-hybridized carbons (Fsp3) is 0.500. The maximum atomic E-state index is 12.2. The molecule has 0 aliphatic heterocycles. The lowest BCUT2D eigenvalue weighted by molar-refractivity contribution is -0.120. The molecule has 0 aliphatic rings. The number of benzene rings is 1. The third-order valence-corrected chi connectivity index (χ3v) is 3.25. The van der Waals surface area contributed by atoms with Crippen LogP contribution in [-0.2, 0) is 4.79 Å². The van der Waals surface area contributed by atoms with Gasteiger partial charge in [-0.05, 0) is 30.0 Å². The zero-order valence-corrected chi connectivity index (χ0v) is 13.0. The zero-order chi connectivity index (χ0) is 14.6. The van der Waals surface area contributed by atoms with Crippen molar-refractivity contribution in [2.45, 2.75) is 27.2 Å². The normalized spacial score (nSPS) is 13.2. The number of carbonyl (C=O) groups excluding carboxylic acids is 1. The van der Waals surface area contributed by atoms with Crippen molar-refractivity contribution in [3.8, 4) is 0 Å². The topological polar surface area (TPSA) is 55.1 Å². The van der Waals surface area contributed by atoms with Crippen LogP contribution in [0.15, 0.2) is 18.2 Å². The highest BCUT2D eigenvalue weighted by molar-refractivity contribution is 6.36. The zero-order valence-electron chi connectivity index (χ0n) is 11.5. The molecule has 0 radical (unpaired) electrons. The molecular weight excluding hydrogens is 283 g/mol. The predicted molar refractivity (Wildman–Crippen MR) is 81.7 cm³/mol. The summed E-state index contributed by atoms with van der Waals surface area (Å²) in [6.45, 7) is 6.56. The summed E-state index contributed by atoms with van der Waals surface area (Å²) in [5, 5.41) is 3.76. The van der Waals surface area contributed by atoms with Gasteiger partial charge in [-0.15, -0.1) is 0 Å². The van der Waals surface area contributed by atoms with Crippen LogP contribution in [0.1, 0.15) is 27.2 Å². The Kier molecular flexibility index (Phi) is 5.65. The van der Waals surface area contributed by atoms with E-state index in [2.05, 4.69) is 26.1 Å². The van der Waals surface area contributed by atoms with Crippen molar-refractivity contribution in [2.24, 2.45) is 17.1 Å². The average Bonchev–Trinajstić information content (AvgIpc) is 2.28. The van der Waals surface area contributed by atoms with Gasteiger partial charge in [0, 0.05) is 11.6 Å². The molecule has 0 saturated heterocycles. The Morgan fingerprint density at radius 2 is 2.00 bits per heavy atom. The van der Waals surface area contributed by atoms with Gasteiger partial charge in [-0.3, -0.25) is 4.79 Å². The highest BCUT2D eigenvalue weighted by Gasteiger charge is 2.24. The second-order valence-corrected chi connectivity index (χ2v) is 6.65. The summed E-state index contributed by atoms with van der Waals surface area (Å²) in [6, 6.07) is 4.97. The van der Waals surface area contributed by atoms with Crippen LogP contribution in [0.25, 0.3) is 0 Å². The van der Waals surface area contributed by atoms with E-state index in [-0.39, 0.29) is 17.2 Å². The molecule has 0 aromatic heterocycles. The lowest BCUT2D eigenvalue weighted by atomic mass is 9.84. The van der Waals surface area contributed by atoms with Crippen LogP contribution in [0.2, 0.25) is 10.0 Å². The van der Waals surface area contributed by atoms with Crippen molar-refractivity contribution >= 4 is 34.8 Å². The summed E-state index contributed by atoms with van der Waals surface area (Å²) >= 11 is 11.8. The van der Waals surface area contributed by atoms with Gasteiger partial charge in [0.15, 0.2) is 0 Å². The lowest BCUT2D eigenvalue weighted by Gasteiger charge is -2.24. The van der Waals surface area contributed by atoms with Gasteiger partial charge in [-0.2, -0.15) is 0 Å². The van der Waals surface area contributed by atoms with Crippen LogP contribution >= 0.6 is 23.2 Å². The van der Waals surface area contributed by atoms with Crippen molar-refractivity contribution in [3.05, 3.63) is 28.2 Å². The van der Waals surface area contributed by atoms with Gasteiger partial charge in [0.1, 0.15) is 0 Å². The number of hydrogen-bond acceptors (Lipinski definition) is 2. The van der Waals surface area contributed by atoms with E-state index < -0.39 is 0 Å². The van der Waals surface area contributed by atoms with E-state index >= 15 is 0 Å². The monoisotopic (exact) mass is 302 g/mol. The SMILES string of the molecule is CC(C)(C)CC(CN)C(=O)Nc1ccc(Cl)cc1Cl. The molecule has 0 aliphatic carbocycles. The molecule has 0 saturated carbocycles. The first-order valence-corrected chi connectivity index (χ1v) is 6.94. The smallest absolute Gasteiger partial charge is 0.228 e. The predicted octanol–water partition coefficient (Wildman–Crippen LogP) is 3.94. The maximum absolute atomic E-state index is 12.2. The Balaban J connectivity index is 2.77. The van der Waals surface area contributed by atoms with Gasteiger partial charge in [0.05, 0.1) is 16.6 Å². The van der Waals surface area contributed by atoms with Crippen molar-refractivity contribution in [1.29, 1.82) is 0 Å². The van der Waals surface area contributed by atoms with Gasteiger partial charge >= 0.3 is 0 Å². The summed E-state index contributed by atoms with van der Waals surface area (Å²) in [6.07, 6.45) is 0.723. The molecule has 0 heterocycles. The molecule has 106 valence electrons. The van der Waals surface area contributed by atoms with E-state index in [1.165, 1.54) is 0 Å². The van der Waals surface area contributed by atoms with Crippen molar-refractivity contribution in [3.63, 3.8) is 0 Å². The van der Waals surface area contributed by atoms with Crippen LogP contribution in [0.5, 0.6) is 0 Å². The van der Waals surface area contributed by atoms with E-state index in [4.69, 9.17) is 28.9 Å². The first-order chi connectivity index (χ1) is 8.73. The number of carbonyl (C=O) groups is 1. The van der Waals surface area contributed by atoms with Gasteiger partial charge in [-0.25, -0.2) is 0 Å². The summed E-state index contributed by atoms with van der Waals surface area (Å²) < 4.78 is 0. The number of anilines is 1. The minimum atomic E-state index is -0.230. The lowest BCUT2D eigenvalue weighted by Crippen LogP contribution is -2.32. The van der Waals surface area contributed by atoms with Crippen molar-refractivity contribution in [2.75, 3.05) is 11.9 Å². The molecule has 1 rings (SSSR count). The summed E-state index contributed by atoms with van der Waals surface area (Å²) in [5.41, 5.74) is 6.29. The quantitative estimate of drug-likeness (QED) is 0.885. The number of hydrogen-bond donors (Lipinski definition) is 2. The molecule has 1 aromatic rings. The fourth-order valence-corrected chi connectivity index (χ4v) is 2.30. The summed E-state index contributed by atoms with van der Waals surface area (Å²) in [7, 11) is 0. The summed E-state index contributed by atoms with van der Waals surface area (Å²) in [5.74, 6) is -0.339. The Morgan fingerprint density at radius 1 is 1.37 bits per heavy atom. The third-order valence-electron chi connectivity index (χ3n) is 2.70. The summed E-state index contributed by atoms with van der Waals surface area (Å²) in [4.78, 5) is 12.2. The molecule has 3 nitrogen and oxygen atoms in total. The fourth-order valence-electron chi connectivity index (χ4n) is 1.85. The Bertz CT molecular complexity index is 455. The standard InChI is InChI=1S/C14H20Cl2N2O/c1-14(2,3)7-9(8-17)13(19)18-12-5-4-10(15)6-11(12)16/h4-6,9H,7-8,17H2,1-3H3,(H,18,19). The Morgan fingerprint density at radius 3 is 2.47 bits per heavy atom. The number of rotatable bonds is 4. The van der Waals surface area contributed by atoms with E-state index in [1.54, 1.807) is 18.2 Å². The van der Waals surface area contributed by atoms with E-state index in [1.807, 2.05) is 0 Å². The molecule has 1 aromatic carbocycles. The third kappa shape index (κ3) is 5.39. The molecule has 0 fully saturated rings. The number of amides is 1. The maximum Gasteiger partial charge on any atom is 0.228 e. The van der Waals surface area contributed by atoms with Crippen LogP contribution in [-0.4, -0.2) is 12.5 Å². The van der Waals surface area contributed by atoms with E-state index in [0.717, 1.165) is 6.42 Å². The first kappa shape index (κ1) is 16.3. The highest BCUT2D eigenvalue weighted by atomic mass is 35.5. The molecule has 1 unspecified atom stereocenters. The van der Waals surface area contributed by atoms with Gasteiger partial charge in [0.25, 0.3) is 0 Å². The van der Waals surface area contributed by atoms with Gasteiger partial charge in [-0.1, -0.05) is 44.0 Å². The van der Waals surface area contributed by atoms with E-state index in [0.29, 0.717) is 22.3 Å². The molecule has 1 amide bonds. The van der Waals surface area contributed by atoms with Crippen LogP contribution in [0, 0.1) is 11.3 Å². The second-order valence-electron chi connectivity index (χ2n) is 5.81. The second kappa shape index (κ2) is 6.60. The molecule has 3 N–H and O–H groups in total. The molecule has 19 heavy (non-hydrogen) atoms. The molecule has 0 spiro atoms. The molecular formula is C14H20Cl2N2O. The number of nitrogens with two attached hydrogens (primary N) is 1. The largest absolute Gasteiger partial charge is 0.330 e. The van der Waals surface area contributed by atoms with E-state index in [9.17, 15) is 4.79 Å². The minimum Gasteiger partial charge on any atom is -0.330 e. The average molecular weight is 303 g/mol. The number of halogens is 2. The van der Waals surface area contributed by atoms with Crippen LogP contribution < -0.4 is 11.1 Å². The van der Waals surface area contributed by atoms with Gasteiger partial charge < -0.3 is 11.1 Å². The highest BCUT2D eigenvalue weighted by Crippen LogP contribution is 2.28. The first-order valence-electron chi connectivity index (χ1n) is 6.19. The van der Waals surface area contributed by atoms with Crippen molar-refractivity contribution in [1.82, 2.24) is 0 Å². The Hall–Kier alpha value is -0.770. The van der Waals surface area contributed by atoms with Crippen LogP contribution in [0.3, 0.4) is 0 Å². The minimum absolute atomic E-state index is 0.0468.